The highest BCUT2D eigenvalue weighted by molar-refractivity contribution is 7.44. The van der Waals surface area contributed by atoms with Gasteiger partial charge < -0.3 is 5.14 Å². The molecule has 0 bridgehead atoms. The molecular weight excluding hydrogens is 129 g/mol. The maximum atomic E-state index is 3.53. The van der Waals surface area contributed by atoms with E-state index in [9.17, 15) is 0 Å². The van der Waals surface area contributed by atoms with Crippen molar-refractivity contribution in [2.24, 2.45) is 5.92 Å². The Morgan fingerprint density at radius 2 is 2.27 bits per heavy atom. The van der Waals surface area contributed by atoms with Crippen molar-refractivity contribution >= 4 is 28.4 Å². The molecule has 11 heavy (non-hydrogen) atoms. The highest BCUT2D eigenvalue weighted by atomic mass is 14.7. The Kier molecular flexibility index (Phi) is 1.68. The molecule has 0 aromatic rings. The van der Waals surface area contributed by atoms with E-state index in [0.29, 0.717) is 5.21 Å². The molecule has 0 aromatic carbocycles. The van der Waals surface area contributed by atoms with Crippen LogP contribution in [0.1, 0.15) is 20.8 Å². The van der Waals surface area contributed by atoms with E-state index < -0.39 is 0 Å². The standard InChI is InChI=1S/C6H15B4N/c1-4(2)6-5(3)10(6)8-9-11-7-6/h4-5,7-9,11H,1-3H3. The molecule has 56 valence electrons. The Labute approximate surface area is 71.9 Å². The summed E-state index contributed by atoms with van der Waals surface area (Å²) in [6.07, 6.45) is 0. The van der Waals surface area contributed by atoms with Gasteiger partial charge in [-0.1, -0.05) is 37.7 Å². The lowest BCUT2D eigenvalue weighted by Crippen LogP contribution is -2.44. The zero-order valence-electron chi connectivity index (χ0n) is 7.85. The van der Waals surface area contributed by atoms with Crippen LogP contribution in [0.3, 0.4) is 0 Å². The minimum atomic E-state index is 0.693. The second-order valence-electron chi connectivity index (χ2n) is 4.63. The molecule has 2 aliphatic heterocycles. The van der Waals surface area contributed by atoms with Crippen molar-refractivity contribution in [2.75, 3.05) is 0 Å². The van der Waals surface area contributed by atoms with Gasteiger partial charge in [0.15, 0.2) is 7.41 Å². The normalized spacial score (nSPS) is 40.4. The van der Waals surface area contributed by atoms with Gasteiger partial charge in [0.1, 0.15) is 13.9 Å². The van der Waals surface area contributed by atoms with E-state index in [0.717, 1.165) is 18.3 Å². The van der Waals surface area contributed by atoms with E-state index in [-0.39, 0.29) is 0 Å². The lowest BCUT2D eigenvalue weighted by molar-refractivity contribution is 0.581. The van der Waals surface area contributed by atoms with Gasteiger partial charge in [-0.15, -0.1) is 0 Å². The Bertz CT molecular complexity index is 174. The zero-order chi connectivity index (χ0) is 8.06. The third-order valence-corrected chi connectivity index (χ3v) is 4.17. The van der Waals surface area contributed by atoms with E-state index in [1.165, 1.54) is 21.8 Å². The molecule has 1 nitrogen and oxygen atoms in total. The molecule has 2 saturated heterocycles. The molecule has 2 unspecified atom stereocenters. The number of hydrogen-bond acceptors (Lipinski definition) is 1. The van der Waals surface area contributed by atoms with E-state index >= 15 is 0 Å². The maximum Gasteiger partial charge on any atom is 0.187 e. The molecule has 2 heterocycles. The Hall–Kier alpha value is 0.220. The molecule has 0 spiro atoms. The monoisotopic (exact) mass is 145 g/mol. The first-order valence-corrected chi connectivity index (χ1v) is 4.90. The quantitative estimate of drug-likeness (QED) is 0.485. The average molecular weight is 144 g/mol. The topological polar surface area (TPSA) is 12.0 Å². The summed E-state index contributed by atoms with van der Waals surface area (Å²) in [6.45, 7) is 8.23. The van der Waals surface area contributed by atoms with Crippen LogP contribution in [0.25, 0.3) is 0 Å². The molecule has 0 saturated carbocycles. The van der Waals surface area contributed by atoms with Gasteiger partial charge in [0.25, 0.3) is 0 Å². The summed E-state index contributed by atoms with van der Waals surface area (Å²) in [4.78, 5) is 0. The van der Waals surface area contributed by atoms with Crippen LogP contribution in [0.5, 0.6) is 0 Å². The summed E-state index contributed by atoms with van der Waals surface area (Å²) in [5.41, 5.74) is 0. The molecule has 2 aliphatic rings. The molecule has 0 aliphatic carbocycles. The molecular formula is C6H15B4N. The van der Waals surface area contributed by atoms with Crippen LogP contribution in [0.4, 0.5) is 0 Å². The third kappa shape index (κ3) is 0.867. The lowest BCUT2D eigenvalue weighted by atomic mass is 9.10. The maximum absolute atomic E-state index is 3.53. The first kappa shape index (κ1) is 7.85. The fourth-order valence-electron chi connectivity index (χ4n) is 3.29. The highest BCUT2D eigenvalue weighted by Gasteiger charge is 2.65. The van der Waals surface area contributed by atoms with E-state index in [1.807, 2.05) is 0 Å². The SMILES string of the molecule is CC(C)C12BNBBB1C2C. The zero-order valence-corrected chi connectivity index (χ0v) is 7.85. The minimum absolute atomic E-state index is 0.693. The van der Waals surface area contributed by atoms with Gasteiger partial charge in [-0.05, 0) is 0 Å². The Morgan fingerprint density at radius 1 is 1.55 bits per heavy atom. The van der Waals surface area contributed by atoms with Gasteiger partial charge in [-0.2, -0.15) is 0 Å². The summed E-state index contributed by atoms with van der Waals surface area (Å²) < 4.78 is 0. The van der Waals surface area contributed by atoms with Crippen molar-refractivity contribution < 1.29 is 0 Å². The highest BCUT2D eigenvalue weighted by Crippen LogP contribution is 2.66. The van der Waals surface area contributed by atoms with Crippen molar-refractivity contribution in [1.29, 1.82) is 0 Å². The first-order chi connectivity index (χ1) is 5.19. The second kappa shape index (κ2) is 2.35. The fraction of sp³-hybridized carbons (Fsp3) is 1.00. The van der Waals surface area contributed by atoms with Gasteiger partial charge in [-0.3, -0.25) is 0 Å². The third-order valence-electron chi connectivity index (χ3n) is 4.17. The smallest absolute Gasteiger partial charge is 0.187 e. The number of nitrogens with one attached hydrogen (secondary N) is 1. The largest absolute Gasteiger partial charge is 0.411 e. The van der Waals surface area contributed by atoms with Gasteiger partial charge in [0, 0.05) is 0 Å². The van der Waals surface area contributed by atoms with Crippen molar-refractivity contribution in [3.8, 4) is 0 Å². The van der Waals surface area contributed by atoms with Crippen molar-refractivity contribution in [3.05, 3.63) is 0 Å². The summed E-state index contributed by atoms with van der Waals surface area (Å²) in [7, 11) is 3.94. The van der Waals surface area contributed by atoms with Crippen LogP contribution in [-0.2, 0) is 0 Å². The van der Waals surface area contributed by atoms with Crippen molar-refractivity contribution in [2.45, 2.75) is 31.8 Å². The molecule has 2 fully saturated rings. The molecule has 5 heteroatoms. The van der Waals surface area contributed by atoms with Gasteiger partial charge in [0.2, 0.25) is 0 Å². The van der Waals surface area contributed by atoms with Crippen LogP contribution in [-0.4, -0.2) is 28.4 Å². The summed E-state index contributed by atoms with van der Waals surface area (Å²) in [5, 5.41) is 4.22. The predicted octanol–water partition coefficient (Wildman–Crippen LogP) is -0.607. The minimum Gasteiger partial charge on any atom is -0.411 e. The van der Waals surface area contributed by atoms with Crippen LogP contribution < -0.4 is 5.14 Å². The molecule has 1 N–H and O–H groups in total. The Balaban J connectivity index is 2.13. The van der Waals surface area contributed by atoms with E-state index in [4.69, 9.17) is 0 Å². The lowest BCUT2D eigenvalue weighted by Gasteiger charge is -2.25. The number of hydrogen-bond donors (Lipinski definition) is 1. The molecule has 0 amide bonds. The van der Waals surface area contributed by atoms with Gasteiger partial charge in [0.05, 0.1) is 7.06 Å². The summed E-state index contributed by atoms with van der Waals surface area (Å²) in [6, 6.07) is 0. The number of fused-ring (bicyclic) bond motifs is 1. The summed E-state index contributed by atoms with van der Waals surface area (Å²) in [5.74, 6) is 1.85. The van der Waals surface area contributed by atoms with Crippen molar-refractivity contribution in [1.82, 2.24) is 5.14 Å². The Morgan fingerprint density at radius 3 is 2.73 bits per heavy atom. The number of rotatable bonds is 1. The first-order valence-electron chi connectivity index (χ1n) is 4.90. The van der Waals surface area contributed by atoms with E-state index in [1.54, 1.807) is 0 Å². The van der Waals surface area contributed by atoms with Gasteiger partial charge >= 0.3 is 0 Å². The van der Waals surface area contributed by atoms with E-state index in [2.05, 4.69) is 25.9 Å². The summed E-state index contributed by atoms with van der Waals surface area (Å²) >= 11 is 0. The molecule has 0 radical (unpaired) electrons. The van der Waals surface area contributed by atoms with Crippen LogP contribution in [0.2, 0.25) is 11.0 Å². The van der Waals surface area contributed by atoms with Crippen molar-refractivity contribution in [3.63, 3.8) is 0 Å². The molecule has 2 rings (SSSR count). The average Bonchev–Trinajstić information content (AvgIpc) is 2.60. The molecule has 0 aromatic heterocycles. The molecule has 2 atom stereocenters. The van der Waals surface area contributed by atoms with Crippen LogP contribution >= 0.6 is 0 Å². The van der Waals surface area contributed by atoms with Crippen LogP contribution in [0.15, 0.2) is 0 Å². The van der Waals surface area contributed by atoms with Gasteiger partial charge in [-0.25, -0.2) is 0 Å². The van der Waals surface area contributed by atoms with Crippen LogP contribution in [0, 0.1) is 5.92 Å². The second-order valence-corrected chi connectivity index (χ2v) is 4.63. The predicted molar refractivity (Wildman–Crippen MR) is 57.3 cm³/mol. The fourth-order valence-corrected chi connectivity index (χ4v) is 3.29.